The quantitative estimate of drug-likeness (QED) is 0.540. The molecular formula is C6H15O3PTi. The second-order valence-corrected chi connectivity index (χ2v) is 5.32. The van der Waals surface area contributed by atoms with Crippen LogP contribution in [-0.2, 0) is 26.3 Å². The Balaban J connectivity index is 0. The zero-order chi connectivity index (χ0) is 8.20. The van der Waals surface area contributed by atoms with Gasteiger partial charge in [0.25, 0.3) is 0 Å². The molecule has 2 N–H and O–H groups in total. The van der Waals surface area contributed by atoms with Crippen molar-refractivity contribution in [3.8, 4) is 0 Å². The van der Waals surface area contributed by atoms with Gasteiger partial charge in [-0.3, -0.25) is 4.57 Å². The number of aliphatic hydroxyl groups is 1. The minimum absolute atomic E-state index is 0. The molecule has 0 aromatic carbocycles. The maximum atomic E-state index is 11.0. The summed E-state index contributed by atoms with van der Waals surface area (Å²) in [5.74, 6) is -0.0595. The maximum Gasteiger partial charge on any atom is 0.200 e. The average molecular weight is 214 g/mol. The van der Waals surface area contributed by atoms with Crippen molar-refractivity contribution in [2.45, 2.75) is 13.8 Å². The van der Waals surface area contributed by atoms with Gasteiger partial charge in [0.1, 0.15) is 0 Å². The molecule has 0 aliphatic carbocycles. The van der Waals surface area contributed by atoms with Gasteiger partial charge in [-0.25, -0.2) is 0 Å². The molecule has 0 saturated carbocycles. The van der Waals surface area contributed by atoms with Crippen molar-refractivity contribution in [2.75, 3.05) is 18.9 Å². The van der Waals surface area contributed by atoms with E-state index in [-0.39, 0.29) is 40.4 Å². The van der Waals surface area contributed by atoms with Crippen LogP contribution in [0.1, 0.15) is 13.8 Å². The predicted octanol–water partition coefficient (Wildman–Crippen LogP) is 0.903. The van der Waals surface area contributed by atoms with Gasteiger partial charge in [-0.2, -0.15) is 0 Å². The molecule has 0 saturated heterocycles. The van der Waals surface area contributed by atoms with Crippen molar-refractivity contribution in [2.24, 2.45) is 5.92 Å². The topological polar surface area (TPSA) is 57.5 Å². The average Bonchev–Trinajstić information content (AvgIpc) is 1.87. The molecule has 0 fully saturated rings. The second kappa shape index (κ2) is 6.39. The molecule has 0 aliphatic heterocycles. The molecule has 0 rings (SSSR count). The van der Waals surface area contributed by atoms with Gasteiger partial charge in [-0.15, -0.1) is 0 Å². The van der Waals surface area contributed by atoms with E-state index in [1.54, 1.807) is 13.8 Å². The Morgan fingerprint density at radius 3 is 2.27 bits per heavy atom. The standard InChI is InChI=1S/C6H15O3P.Ti/c1-3-10(8,9)5-6(2)4-7;/h6-7H,3-5H2,1-2H3,(H,8,9);. The molecule has 0 aliphatic rings. The molecule has 0 amide bonds. The first kappa shape index (κ1) is 14.4. The molecule has 0 bridgehead atoms. The number of rotatable bonds is 4. The van der Waals surface area contributed by atoms with Crippen LogP contribution in [0.4, 0.5) is 0 Å². The van der Waals surface area contributed by atoms with Gasteiger partial charge in [-0.05, 0) is 5.92 Å². The van der Waals surface area contributed by atoms with E-state index in [4.69, 9.17) is 10.00 Å². The molecule has 0 heterocycles. The predicted molar refractivity (Wildman–Crippen MR) is 41.5 cm³/mol. The largest absolute Gasteiger partial charge is 0.396 e. The van der Waals surface area contributed by atoms with Crippen molar-refractivity contribution in [3.63, 3.8) is 0 Å². The van der Waals surface area contributed by atoms with E-state index >= 15 is 0 Å². The number of hydrogen-bond acceptors (Lipinski definition) is 2. The summed E-state index contributed by atoms with van der Waals surface area (Å²) in [4.78, 5) is 9.07. The fraction of sp³-hybridized carbons (Fsp3) is 1.00. The zero-order valence-corrected chi connectivity index (χ0v) is 9.40. The third-order valence-corrected chi connectivity index (χ3v) is 3.58. The van der Waals surface area contributed by atoms with Crippen LogP contribution < -0.4 is 0 Å². The first-order chi connectivity index (χ1) is 4.52. The summed E-state index contributed by atoms with van der Waals surface area (Å²) in [5, 5.41) is 8.56. The SMILES string of the molecule is CCP(=O)(O)CC(C)CO.[Ti]. The van der Waals surface area contributed by atoms with E-state index < -0.39 is 7.37 Å². The molecule has 0 spiro atoms. The third kappa shape index (κ3) is 7.23. The summed E-state index contributed by atoms with van der Waals surface area (Å²) >= 11 is 0. The minimum Gasteiger partial charge on any atom is -0.396 e. The Morgan fingerprint density at radius 1 is 1.55 bits per heavy atom. The van der Waals surface area contributed by atoms with Crippen LogP contribution in [0.25, 0.3) is 0 Å². The molecule has 2 unspecified atom stereocenters. The summed E-state index contributed by atoms with van der Waals surface area (Å²) in [6.07, 6.45) is 0.539. The molecule has 2 atom stereocenters. The van der Waals surface area contributed by atoms with Crippen LogP contribution in [0, 0.1) is 5.92 Å². The van der Waals surface area contributed by atoms with Gasteiger partial charge in [0, 0.05) is 40.6 Å². The Hall–Kier alpha value is 0.864. The molecule has 0 aromatic rings. The van der Waals surface area contributed by atoms with Gasteiger partial charge in [0.15, 0.2) is 0 Å². The van der Waals surface area contributed by atoms with Gasteiger partial charge in [0.05, 0.1) is 0 Å². The molecule has 0 aromatic heterocycles. The van der Waals surface area contributed by atoms with Crippen LogP contribution in [-0.4, -0.2) is 28.9 Å². The zero-order valence-electron chi connectivity index (χ0n) is 6.95. The van der Waals surface area contributed by atoms with Gasteiger partial charge >= 0.3 is 0 Å². The minimum atomic E-state index is -2.91. The van der Waals surface area contributed by atoms with Crippen LogP contribution in [0.5, 0.6) is 0 Å². The maximum absolute atomic E-state index is 11.0. The van der Waals surface area contributed by atoms with Crippen LogP contribution in [0.3, 0.4) is 0 Å². The van der Waals surface area contributed by atoms with Crippen molar-refractivity contribution >= 4 is 7.37 Å². The Bertz CT molecular complexity index is 140. The Labute approximate surface area is 82.5 Å². The van der Waals surface area contributed by atoms with Gasteiger partial charge in [-0.1, -0.05) is 13.8 Å². The third-order valence-electron chi connectivity index (χ3n) is 1.40. The molecule has 11 heavy (non-hydrogen) atoms. The van der Waals surface area contributed by atoms with Crippen molar-refractivity contribution in [3.05, 3.63) is 0 Å². The summed E-state index contributed by atoms with van der Waals surface area (Å²) in [5.41, 5.74) is 0. The van der Waals surface area contributed by atoms with Crippen LogP contribution in [0.15, 0.2) is 0 Å². The van der Waals surface area contributed by atoms with E-state index in [2.05, 4.69) is 0 Å². The van der Waals surface area contributed by atoms with Crippen molar-refractivity contribution in [1.29, 1.82) is 0 Å². The van der Waals surface area contributed by atoms with E-state index in [1.165, 1.54) is 0 Å². The van der Waals surface area contributed by atoms with E-state index in [1.807, 2.05) is 0 Å². The monoisotopic (exact) mass is 214 g/mol. The summed E-state index contributed by atoms with van der Waals surface area (Å²) in [6, 6.07) is 0. The fourth-order valence-corrected chi connectivity index (χ4v) is 2.02. The summed E-state index contributed by atoms with van der Waals surface area (Å²) in [6.45, 7) is 3.44. The summed E-state index contributed by atoms with van der Waals surface area (Å²) < 4.78 is 11.0. The fourth-order valence-electron chi connectivity index (χ4n) is 0.674. The van der Waals surface area contributed by atoms with E-state index in [9.17, 15) is 4.57 Å². The first-order valence-electron chi connectivity index (χ1n) is 3.43. The first-order valence-corrected chi connectivity index (χ1v) is 5.46. The van der Waals surface area contributed by atoms with E-state index in [0.717, 1.165) is 0 Å². The normalized spacial score (nSPS) is 18.2. The Kier molecular flexibility index (Phi) is 8.36. The smallest absolute Gasteiger partial charge is 0.200 e. The molecular weight excluding hydrogens is 199 g/mol. The van der Waals surface area contributed by atoms with Crippen molar-refractivity contribution in [1.82, 2.24) is 0 Å². The number of hydrogen-bond donors (Lipinski definition) is 2. The van der Waals surface area contributed by atoms with Crippen LogP contribution >= 0.6 is 7.37 Å². The molecule has 0 radical (unpaired) electrons. The molecule has 66 valence electrons. The van der Waals surface area contributed by atoms with Crippen molar-refractivity contribution < 1.29 is 36.3 Å². The molecule has 5 heteroatoms. The second-order valence-electron chi connectivity index (χ2n) is 2.63. The van der Waals surface area contributed by atoms with Gasteiger partial charge in [0.2, 0.25) is 7.37 Å². The van der Waals surface area contributed by atoms with Gasteiger partial charge < -0.3 is 10.00 Å². The van der Waals surface area contributed by atoms with E-state index in [0.29, 0.717) is 6.16 Å². The number of aliphatic hydroxyl groups excluding tert-OH is 1. The summed E-state index contributed by atoms with van der Waals surface area (Å²) in [7, 11) is -2.91. The van der Waals surface area contributed by atoms with Crippen LogP contribution in [0.2, 0.25) is 0 Å². The molecule has 3 nitrogen and oxygen atoms in total. The Morgan fingerprint density at radius 2 is 2.00 bits per heavy atom.